The molecule has 0 bridgehead atoms. The molecule has 0 aromatic rings. The number of hydrogen-bond acceptors (Lipinski definition) is 4. The SMILES string of the molecule is CCC1CCC(C#N)(CCOCCOCCOC)C1. The fraction of sp³-hybridized carbons (Fsp3) is 0.933. The van der Waals surface area contributed by atoms with Crippen LogP contribution in [-0.4, -0.2) is 40.1 Å². The van der Waals surface area contributed by atoms with Crippen LogP contribution in [0.3, 0.4) is 0 Å². The summed E-state index contributed by atoms with van der Waals surface area (Å²) in [6.45, 7) is 5.31. The lowest BCUT2D eigenvalue weighted by Gasteiger charge is -2.20. The highest BCUT2D eigenvalue weighted by Crippen LogP contribution is 2.45. The molecule has 0 amide bonds. The van der Waals surface area contributed by atoms with Crippen LogP contribution in [0.5, 0.6) is 0 Å². The van der Waals surface area contributed by atoms with Gasteiger partial charge in [-0.15, -0.1) is 0 Å². The van der Waals surface area contributed by atoms with E-state index in [9.17, 15) is 5.26 Å². The van der Waals surface area contributed by atoms with Crippen molar-refractivity contribution < 1.29 is 14.2 Å². The molecule has 0 aromatic heterocycles. The Balaban J connectivity index is 2.06. The van der Waals surface area contributed by atoms with E-state index in [0.29, 0.717) is 33.0 Å². The van der Waals surface area contributed by atoms with Crippen LogP contribution in [0, 0.1) is 22.7 Å². The monoisotopic (exact) mass is 269 g/mol. The zero-order valence-corrected chi connectivity index (χ0v) is 12.3. The van der Waals surface area contributed by atoms with Crippen molar-refractivity contribution in [2.45, 2.75) is 39.0 Å². The van der Waals surface area contributed by atoms with Gasteiger partial charge in [-0.3, -0.25) is 0 Å². The molecule has 4 heteroatoms. The predicted octanol–water partition coefficient (Wildman–Crippen LogP) is 2.78. The topological polar surface area (TPSA) is 51.5 Å². The third-order valence-electron chi connectivity index (χ3n) is 4.05. The van der Waals surface area contributed by atoms with Crippen LogP contribution in [-0.2, 0) is 14.2 Å². The zero-order chi connectivity index (χ0) is 14.0. The van der Waals surface area contributed by atoms with Crippen molar-refractivity contribution in [3.05, 3.63) is 0 Å². The molecule has 1 aliphatic rings. The van der Waals surface area contributed by atoms with Crippen molar-refractivity contribution in [3.63, 3.8) is 0 Å². The number of methoxy groups -OCH3 is 1. The van der Waals surface area contributed by atoms with Gasteiger partial charge in [-0.1, -0.05) is 13.3 Å². The zero-order valence-electron chi connectivity index (χ0n) is 12.3. The summed E-state index contributed by atoms with van der Waals surface area (Å²) in [5.74, 6) is 0.733. The largest absolute Gasteiger partial charge is 0.382 e. The van der Waals surface area contributed by atoms with E-state index in [0.717, 1.165) is 25.2 Å². The second kappa shape index (κ2) is 9.30. The molecule has 1 rings (SSSR count). The van der Waals surface area contributed by atoms with Gasteiger partial charge in [0.05, 0.1) is 37.9 Å². The van der Waals surface area contributed by atoms with Gasteiger partial charge in [0.1, 0.15) is 0 Å². The number of nitrogens with zero attached hydrogens (tertiary/aromatic N) is 1. The lowest BCUT2D eigenvalue weighted by atomic mass is 9.83. The average molecular weight is 269 g/mol. The molecule has 1 fully saturated rings. The normalized spacial score (nSPS) is 26.5. The van der Waals surface area contributed by atoms with E-state index >= 15 is 0 Å². The first-order chi connectivity index (χ1) is 9.26. The summed E-state index contributed by atoms with van der Waals surface area (Å²) in [5, 5.41) is 9.39. The van der Waals surface area contributed by atoms with E-state index in [1.54, 1.807) is 7.11 Å². The predicted molar refractivity (Wildman–Crippen MR) is 73.8 cm³/mol. The van der Waals surface area contributed by atoms with Gasteiger partial charge in [-0.05, 0) is 31.6 Å². The van der Waals surface area contributed by atoms with Gasteiger partial charge in [-0.2, -0.15) is 5.26 Å². The number of rotatable bonds is 10. The van der Waals surface area contributed by atoms with Gasteiger partial charge in [0.25, 0.3) is 0 Å². The van der Waals surface area contributed by atoms with Crippen molar-refractivity contribution in [1.29, 1.82) is 5.26 Å². The van der Waals surface area contributed by atoms with Gasteiger partial charge in [0, 0.05) is 13.7 Å². The molecule has 1 aliphatic carbocycles. The smallest absolute Gasteiger partial charge is 0.0701 e. The Bertz CT molecular complexity index is 277. The fourth-order valence-electron chi connectivity index (χ4n) is 2.70. The van der Waals surface area contributed by atoms with Gasteiger partial charge < -0.3 is 14.2 Å². The van der Waals surface area contributed by atoms with E-state index < -0.39 is 0 Å². The second-order valence-corrected chi connectivity index (χ2v) is 5.38. The van der Waals surface area contributed by atoms with Crippen LogP contribution in [0.2, 0.25) is 0 Å². The summed E-state index contributed by atoms with van der Waals surface area (Å²) >= 11 is 0. The van der Waals surface area contributed by atoms with E-state index in [-0.39, 0.29) is 5.41 Å². The quantitative estimate of drug-likeness (QED) is 0.572. The third-order valence-corrected chi connectivity index (χ3v) is 4.05. The minimum Gasteiger partial charge on any atom is -0.382 e. The van der Waals surface area contributed by atoms with Crippen LogP contribution >= 0.6 is 0 Å². The lowest BCUT2D eigenvalue weighted by Crippen LogP contribution is -2.18. The molecule has 110 valence electrons. The Morgan fingerprint density at radius 2 is 1.84 bits per heavy atom. The van der Waals surface area contributed by atoms with Crippen molar-refractivity contribution in [3.8, 4) is 6.07 Å². The Hall–Kier alpha value is -0.630. The average Bonchev–Trinajstić information content (AvgIpc) is 2.86. The molecule has 0 heterocycles. The van der Waals surface area contributed by atoms with Crippen LogP contribution < -0.4 is 0 Å². The molecule has 19 heavy (non-hydrogen) atoms. The van der Waals surface area contributed by atoms with Gasteiger partial charge in [-0.25, -0.2) is 0 Å². The summed E-state index contributed by atoms with van der Waals surface area (Å²) in [5.41, 5.74) is -0.127. The fourth-order valence-corrected chi connectivity index (χ4v) is 2.70. The highest BCUT2D eigenvalue weighted by molar-refractivity contribution is 5.03. The maximum Gasteiger partial charge on any atom is 0.0701 e. The molecule has 4 nitrogen and oxygen atoms in total. The first kappa shape index (κ1) is 16.4. The van der Waals surface area contributed by atoms with Gasteiger partial charge in [0.15, 0.2) is 0 Å². The highest BCUT2D eigenvalue weighted by Gasteiger charge is 2.38. The molecule has 0 aromatic carbocycles. The number of nitriles is 1. The summed E-state index contributed by atoms with van der Waals surface area (Å²) < 4.78 is 15.8. The van der Waals surface area contributed by atoms with E-state index in [1.807, 2.05) is 0 Å². The Labute approximate surface area is 117 Å². The first-order valence-corrected chi connectivity index (χ1v) is 7.32. The molecule has 1 saturated carbocycles. The molecular formula is C15H27NO3. The standard InChI is InChI=1S/C15H27NO3/c1-3-14-4-5-15(12-14,13-16)6-7-18-10-11-19-9-8-17-2/h14H,3-12H2,1-2H3. The summed E-state index contributed by atoms with van der Waals surface area (Å²) in [6.07, 6.45) is 5.34. The highest BCUT2D eigenvalue weighted by atomic mass is 16.5. The van der Waals surface area contributed by atoms with E-state index in [1.165, 1.54) is 12.8 Å². The molecule has 2 atom stereocenters. The summed E-state index contributed by atoms with van der Waals surface area (Å²) in [6, 6.07) is 2.53. The van der Waals surface area contributed by atoms with Gasteiger partial charge in [0.2, 0.25) is 0 Å². The van der Waals surface area contributed by atoms with Crippen LogP contribution in [0.4, 0.5) is 0 Å². The Morgan fingerprint density at radius 1 is 1.16 bits per heavy atom. The molecule has 0 spiro atoms. The van der Waals surface area contributed by atoms with Crippen LogP contribution in [0.1, 0.15) is 39.0 Å². The maximum absolute atomic E-state index is 9.39. The van der Waals surface area contributed by atoms with E-state index in [4.69, 9.17) is 14.2 Å². The lowest BCUT2D eigenvalue weighted by molar-refractivity contribution is 0.0195. The van der Waals surface area contributed by atoms with Crippen LogP contribution in [0.15, 0.2) is 0 Å². The molecule has 0 N–H and O–H groups in total. The molecule has 0 saturated heterocycles. The van der Waals surface area contributed by atoms with E-state index in [2.05, 4.69) is 13.0 Å². The number of hydrogen-bond donors (Lipinski definition) is 0. The number of ether oxygens (including phenoxy) is 3. The molecule has 2 unspecified atom stereocenters. The van der Waals surface area contributed by atoms with Crippen molar-refractivity contribution in [2.75, 3.05) is 40.1 Å². The van der Waals surface area contributed by atoms with Crippen LogP contribution in [0.25, 0.3) is 0 Å². The molecule has 0 radical (unpaired) electrons. The van der Waals surface area contributed by atoms with Crippen molar-refractivity contribution in [1.82, 2.24) is 0 Å². The molecule has 0 aliphatic heterocycles. The summed E-state index contributed by atoms with van der Waals surface area (Å²) in [7, 11) is 1.66. The Kier molecular flexibility index (Phi) is 8.04. The minimum absolute atomic E-state index is 0.127. The summed E-state index contributed by atoms with van der Waals surface area (Å²) in [4.78, 5) is 0. The maximum atomic E-state index is 9.39. The van der Waals surface area contributed by atoms with Crippen molar-refractivity contribution >= 4 is 0 Å². The van der Waals surface area contributed by atoms with Crippen molar-refractivity contribution in [2.24, 2.45) is 11.3 Å². The molecular weight excluding hydrogens is 242 g/mol. The second-order valence-electron chi connectivity index (χ2n) is 5.38. The first-order valence-electron chi connectivity index (χ1n) is 7.32. The van der Waals surface area contributed by atoms with Gasteiger partial charge >= 0.3 is 0 Å². The minimum atomic E-state index is -0.127. The Morgan fingerprint density at radius 3 is 2.42 bits per heavy atom. The third kappa shape index (κ3) is 5.90.